The molecular formula is C13H19ClN2. The zero-order chi connectivity index (χ0) is 11.6. The monoisotopic (exact) mass is 238 g/mol. The average molecular weight is 239 g/mol. The molecule has 0 spiro atoms. The number of likely N-dealkylation sites (N-methyl/N-ethyl adjacent to an activating group) is 1. The van der Waals surface area contributed by atoms with E-state index in [9.17, 15) is 0 Å². The number of rotatable bonds is 3. The summed E-state index contributed by atoms with van der Waals surface area (Å²) in [5.74, 6) is 0. The second kappa shape index (κ2) is 4.74. The third-order valence-corrected chi connectivity index (χ3v) is 3.55. The van der Waals surface area contributed by atoms with Crippen LogP contribution in [0.1, 0.15) is 18.4 Å². The minimum absolute atomic E-state index is 0.0435. The van der Waals surface area contributed by atoms with Crippen molar-refractivity contribution in [3.63, 3.8) is 0 Å². The Hall–Kier alpha value is -0.570. The molecule has 0 radical (unpaired) electrons. The second-order valence-electron chi connectivity index (χ2n) is 4.83. The van der Waals surface area contributed by atoms with Gasteiger partial charge in [-0.25, -0.2) is 0 Å². The summed E-state index contributed by atoms with van der Waals surface area (Å²) >= 11 is 6.32. The summed E-state index contributed by atoms with van der Waals surface area (Å²) in [4.78, 5) is 2.22. The van der Waals surface area contributed by atoms with Gasteiger partial charge in [-0.1, -0.05) is 29.8 Å². The lowest BCUT2D eigenvalue weighted by Gasteiger charge is -2.33. The molecular weight excluding hydrogens is 220 g/mol. The first-order valence-electron chi connectivity index (χ1n) is 5.79. The maximum atomic E-state index is 6.32. The Bertz CT molecular complexity index is 357. The second-order valence-corrected chi connectivity index (χ2v) is 5.24. The van der Waals surface area contributed by atoms with Crippen LogP contribution in [-0.2, 0) is 5.54 Å². The molecule has 2 rings (SSSR count). The van der Waals surface area contributed by atoms with Crippen LogP contribution < -0.4 is 5.32 Å². The van der Waals surface area contributed by atoms with E-state index in [1.807, 2.05) is 12.1 Å². The minimum Gasteiger partial charge on any atom is -0.307 e. The summed E-state index contributed by atoms with van der Waals surface area (Å²) in [6, 6.07) is 8.18. The Morgan fingerprint density at radius 1 is 1.38 bits per heavy atom. The van der Waals surface area contributed by atoms with Gasteiger partial charge in [0.15, 0.2) is 0 Å². The normalized spacial score (nSPS) is 25.2. The topological polar surface area (TPSA) is 15.3 Å². The molecule has 0 amide bonds. The minimum atomic E-state index is 0.0435. The van der Waals surface area contributed by atoms with Gasteiger partial charge in [0.25, 0.3) is 0 Å². The van der Waals surface area contributed by atoms with Crippen molar-refractivity contribution in [2.45, 2.75) is 18.4 Å². The lowest BCUT2D eigenvalue weighted by atomic mass is 9.88. The van der Waals surface area contributed by atoms with E-state index in [0.717, 1.165) is 24.5 Å². The molecule has 0 saturated carbocycles. The standard InChI is InChI=1S/C13H19ClN2/c1-16(2)10-13(8-5-9-15-13)11-6-3-4-7-12(11)14/h3-4,6-7,15H,5,8-10H2,1-2H3. The van der Waals surface area contributed by atoms with Gasteiger partial charge in [0, 0.05) is 11.6 Å². The third-order valence-electron chi connectivity index (χ3n) is 3.22. The smallest absolute Gasteiger partial charge is 0.0578 e. The SMILES string of the molecule is CN(C)CC1(c2ccccc2Cl)CCCN1. The van der Waals surface area contributed by atoms with Crippen molar-refractivity contribution in [2.75, 3.05) is 27.2 Å². The van der Waals surface area contributed by atoms with Gasteiger partial charge in [-0.2, -0.15) is 0 Å². The third kappa shape index (κ3) is 2.24. The van der Waals surface area contributed by atoms with Gasteiger partial charge in [-0.3, -0.25) is 0 Å². The molecule has 1 aromatic rings. The quantitative estimate of drug-likeness (QED) is 0.871. The highest BCUT2D eigenvalue weighted by Gasteiger charge is 2.36. The van der Waals surface area contributed by atoms with Crippen LogP contribution >= 0.6 is 11.6 Å². The first-order chi connectivity index (χ1) is 7.64. The van der Waals surface area contributed by atoms with Gasteiger partial charge in [0.05, 0.1) is 5.54 Å². The fraction of sp³-hybridized carbons (Fsp3) is 0.538. The Labute approximate surface area is 103 Å². The number of nitrogens with one attached hydrogen (secondary N) is 1. The first-order valence-corrected chi connectivity index (χ1v) is 6.17. The highest BCUT2D eigenvalue weighted by atomic mass is 35.5. The van der Waals surface area contributed by atoms with Gasteiger partial charge >= 0.3 is 0 Å². The molecule has 1 saturated heterocycles. The Morgan fingerprint density at radius 2 is 2.12 bits per heavy atom. The van der Waals surface area contributed by atoms with Gasteiger partial charge < -0.3 is 10.2 Å². The fourth-order valence-electron chi connectivity index (χ4n) is 2.65. The summed E-state index contributed by atoms with van der Waals surface area (Å²) in [6.45, 7) is 2.08. The molecule has 16 heavy (non-hydrogen) atoms. The van der Waals surface area contributed by atoms with E-state index in [1.165, 1.54) is 12.0 Å². The number of hydrogen-bond acceptors (Lipinski definition) is 2. The summed E-state index contributed by atoms with van der Waals surface area (Å²) < 4.78 is 0. The molecule has 0 aliphatic carbocycles. The highest BCUT2D eigenvalue weighted by Crippen LogP contribution is 2.35. The van der Waals surface area contributed by atoms with Gasteiger partial charge in [-0.05, 0) is 45.1 Å². The molecule has 1 atom stereocenters. The molecule has 2 nitrogen and oxygen atoms in total. The van der Waals surface area contributed by atoms with E-state index in [2.05, 4.69) is 36.4 Å². The van der Waals surface area contributed by atoms with Crippen molar-refractivity contribution in [2.24, 2.45) is 0 Å². The van der Waals surface area contributed by atoms with E-state index < -0.39 is 0 Å². The zero-order valence-corrected chi connectivity index (χ0v) is 10.7. The van der Waals surface area contributed by atoms with E-state index in [1.54, 1.807) is 0 Å². The molecule has 1 unspecified atom stereocenters. The van der Waals surface area contributed by atoms with Gasteiger partial charge in [0.1, 0.15) is 0 Å². The van der Waals surface area contributed by atoms with Crippen LogP contribution in [0, 0.1) is 0 Å². The number of halogens is 1. The molecule has 1 fully saturated rings. The van der Waals surface area contributed by atoms with Crippen LogP contribution in [-0.4, -0.2) is 32.1 Å². The Morgan fingerprint density at radius 3 is 2.69 bits per heavy atom. The number of nitrogens with zero attached hydrogens (tertiary/aromatic N) is 1. The van der Waals surface area contributed by atoms with E-state index in [-0.39, 0.29) is 5.54 Å². The van der Waals surface area contributed by atoms with Crippen molar-refractivity contribution in [3.05, 3.63) is 34.9 Å². The first kappa shape index (κ1) is 11.9. The lowest BCUT2D eigenvalue weighted by molar-refractivity contribution is 0.260. The van der Waals surface area contributed by atoms with Crippen molar-refractivity contribution in [3.8, 4) is 0 Å². The molecule has 1 aromatic carbocycles. The van der Waals surface area contributed by atoms with Crippen LogP contribution in [0.5, 0.6) is 0 Å². The fourth-order valence-corrected chi connectivity index (χ4v) is 2.96. The van der Waals surface area contributed by atoms with E-state index >= 15 is 0 Å². The zero-order valence-electron chi connectivity index (χ0n) is 9.96. The van der Waals surface area contributed by atoms with Gasteiger partial charge in [-0.15, -0.1) is 0 Å². The maximum Gasteiger partial charge on any atom is 0.0578 e. The van der Waals surface area contributed by atoms with Crippen molar-refractivity contribution >= 4 is 11.6 Å². The van der Waals surface area contributed by atoms with E-state index in [4.69, 9.17) is 11.6 Å². The molecule has 0 bridgehead atoms. The Balaban J connectivity index is 2.36. The lowest BCUT2D eigenvalue weighted by Crippen LogP contribution is -2.45. The molecule has 1 heterocycles. The van der Waals surface area contributed by atoms with Crippen LogP contribution in [0.4, 0.5) is 0 Å². The molecule has 1 aliphatic rings. The van der Waals surface area contributed by atoms with Crippen molar-refractivity contribution in [1.82, 2.24) is 10.2 Å². The molecule has 1 aliphatic heterocycles. The summed E-state index contributed by atoms with van der Waals surface area (Å²) in [6.07, 6.45) is 2.38. The van der Waals surface area contributed by atoms with Crippen LogP contribution in [0.3, 0.4) is 0 Å². The summed E-state index contributed by atoms with van der Waals surface area (Å²) in [5.41, 5.74) is 1.28. The maximum absolute atomic E-state index is 6.32. The van der Waals surface area contributed by atoms with Crippen LogP contribution in [0.2, 0.25) is 5.02 Å². The molecule has 88 valence electrons. The summed E-state index contributed by atoms with van der Waals surface area (Å²) in [7, 11) is 4.22. The Kier molecular flexibility index (Phi) is 3.53. The predicted molar refractivity (Wildman–Crippen MR) is 68.9 cm³/mol. The van der Waals surface area contributed by atoms with Crippen LogP contribution in [0.15, 0.2) is 24.3 Å². The van der Waals surface area contributed by atoms with Crippen LogP contribution in [0.25, 0.3) is 0 Å². The molecule has 3 heteroatoms. The number of hydrogen-bond donors (Lipinski definition) is 1. The summed E-state index contributed by atoms with van der Waals surface area (Å²) in [5, 5.41) is 4.51. The van der Waals surface area contributed by atoms with Crippen molar-refractivity contribution in [1.29, 1.82) is 0 Å². The van der Waals surface area contributed by atoms with E-state index in [0.29, 0.717) is 0 Å². The molecule has 0 aromatic heterocycles. The van der Waals surface area contributed by atoms with Crippen molar-refractivity contribution < 1.29 is 0 Å². The molecule has 1 N–H and O–H groups in total. The van der Waals surface area contributed by atoms with Gasteiger partial charge in [0.2, 0.25) is 0 Å². The predicted octanol–water partition coefficient (Wildman–Crippen LogP) is 2.48. The largest absolute Gasteiger partial charge is 0.307 e. The number of benzene rings is 1. The highest BCUT2D eigenvalue weighted by molar-refractivity contribution is 6.31. The average Bonchev–Trinajstić information content (AvgIpc) is 2.67.